The van der Waals surface area contributed by atoms with Crippen LogP contribution in [0.3, 0.4) is 0 Å². The molecule has 0 aromatic carbocycles. The second-order valence-corrected chi connectivity index (χ2v) is 4.16. The summed E-state index contributed by atoms with van der Waals surface area (Å²) in [5.41, 5.74) is 5.89. The number of guanidine groups is 1. The Labute approximate surface area is 87.4 Å². The van der Waals surface area contributed by atoms with Gasteiger partial charge in [0.1, 0.15) is 0 Å². The van der Waals surface area contributed by atoms with Gasteiger partial charge in [-0.1, -0.05) is 26.7 Å². The van der Waals surface area contributed by atoms with Crippen LogP contribution in [0.4, 0.5) is 0 Å². The largest absolute Gasteiger partial charge is 0.370 e. The molecule has 0 aliphatic carbocycles. The number of aliphatic imine (C=N–C) groups is 1. The Kier molecular flexibility index (Phi) is 4.23. The Morgan fingerprint density at radius 1 is 1.57 bits per heavy atom. The molecule has 0 fully saturated rings. The average Bonchev–Trinajstić information content (AvgIpc) is 2.55. The van der Waals surface area contributed by atoms with E-state index in [4.69, 9.17) is 5.73 Å². The molecule has 0 radical (unpaired) electrons. The first-order valence-electron chi connectivity index (χ1n) is 5.78. The molecule has 2 unspecified atom stereocenters. The first-order valence-corrected chi connectivity index (χ1v) is 5.78. The van der Waals surface area contributed by atoms with Crippen LogP contribution in [0.25, 0.3) is 0 Å². The molecule has 1 aliphatic rings. The molecule has 1 rings (SSSR count). The van der Waals surface area contributed by atoms with Crippen LogP contribution in [-0.4, -0.2) is 29.5 Å². The molecule has 2 N–H and O–H groups in total. The minimum atomic E-state index is 0.531. The maximum atomic E-state index is 5.89. The van der Waals surface area contributed by atoms with Crippen LogP contribution in [0, 0.1) is 0 Å². The number of nitrogens with zero attached hydrogens (tertiary/aromatic N) is 2. The molecule has 0 spiro atoms. The van der Waals surface area contributed by atoms with E-state index in [9.17, 15) is 0 Å². The smallest absolute Gasteiger partial charge is 0.191 e. The van der Waals surface area contributed by atoms with E-state index < -0.39 is 0 Å². The van der Waals surface area contributed by atoms with E-state index in [0.29, 0.717) is 12.1 Å². The maximum Gasteiger partial charge on any atom is 0.191 e. The summed E-state index contributed by atoms with van der Waals surface area (Å²) in [6.45, 7) is 7.56. The SMILES string of the molecule is CCCCC1CN=C(N)N1C(C)CC. The van der Waals surface area contributed by atoms with E-state index >= 15 is 0 Å². The third kappa shape index (κ3) is 2.40. The predicted molar refractivity (Wildman–Crippen MR) is 61.4 cm³/mol. The van der Waals surface area contributed by atoms with E-state index in [1.165, 1.54) is 19.3 Å². The maximum absolute atomic E-state index is 5.89. The van der Waals surface area contributed by atoms with Crippen molar-refractivity contribution in [2.75, 3.05) is 6.54 Å². The summed E-state index contributed by atoms with van der Waals surface area (Å²) in [6, 6.07) is 1.09. The van der Waals surface area contributed by atoms with Gasteiger partial charge in [-0.3, -0.25) is 4.99 Å². The highest BCUT2D eigenvalue weighted by Gasteiger charge is 2.28. The molecule has 0 saturated heterocycles. The van der Waals surface area contributed by atoms with E-state index in [0.717, 1.165) is 18.9 Å². The first kappa shape index (κ1) is 11.3. The number of hydrogen-bond acceptors (Lipinski definition) is 3. The third-order valence-electron chi connectivity index (χ3n) is 3.08. The number of hydrogen-bond donors (Lipinski definition) is 1. The molecule has 1 heterocycles. The second-order valence-electron chi connectivity index (χ2n) is 4.16. The zero-order valence-electron chi connectivity index (χ0n) is 9.66. The highest BCUT2D eigenvalue weighted by atomic mass is 15.3. The van der Waals surface area contributed by atoms with Crippen LogP contribution in [0.5, 0.6) is 0 Å². The molecular weight excluding hydrogens is 174 g/mol. The van der Waals surface area contributed by atoms with Crippen LogP contribution in [0.1, 0.15) is 46.5 Å². The van der Waals surface area contributed by atoms with Crippen molar-refractivity contribution < 1.29 is 0 Å². The highest BCUT2D eigenvalue weighted by molar-refractivity contribution is 5.80. The molecule has 14 heavy (non-hydrogen) atoms. The summed E-state index contributed by atoms with van der Waals surface area (Å²) in [6.07, 6.45) is 4.90. The second kappa shape index (κ2) is 5.23. The van der Waals surface area contributed by atoms with E-state index in [1.54, 1.807) is 0 Å². The van der Waals surface area contributed by atoms with Crippen molar-refractivity contribution >= 4 is 5.96 Å². The lowest BCUT2D eigenvalue weighted by Gasteiger charge is -2.31. The number of nitrogens with two attached hydrogens (primary N) is 1. The lowest BCUT2D eigenvalue weighted by atomic mass is 10.1. The van der Waals surface area contributed by atoms with Crippen LogP contribution in [0.2, 0.25) is 0 Å². The van der Waals surface area contributed by atoms with E-state index in [-0.39, 0.29) is 0 Å². The van der Waals surface area contributed by atoms with Crippen molar-refractivity contribution in [3.8, 4) is 0 Å². The molecule has 1 aliphatic heterocycles. The molecule has 0 aromatic heterocycles. The van der Waals surface area contributed by atoms with Crippen LogP contribution in [-0.2, 0) is 0 Å². The zero-order chi connectivity index (χ0) is 10.6. The van der Waals surface area contributed by atoms with Gasteiger partial charge in [0.2, 0.25) is 0 Å². The minimum absolute atomic E-state index is 0.531. The molecular formula is C11H23N3. The van der Waals surface area contributed by atoms with Crippen molar-refractivity contribution in [3.05, 3.63) is 0 Å². The van der Waals surface area contributed by atoms with E-state index in [2.05, 4.69) is 30.7 Å². The van der Waals surface area contributed by atoms with Crippen LogP contribution < -0.4 is 5.73 Å². The van der Waals surface area contributed by atoms with Gasteiger partial charge in [0.05, 0.1) is 12.6 Å². The Hall–Kier alpha value is -0.730. The van der Waals surface area contributed by atoms with Crippen LogP contribution >= 0.6 is 0 Å². The Balaban J connectivity index is 2.52. The quantitative estimate of drug-likeness (QED) is 0.732. The van der Waals surface area contributed by atoms with Gasteiger partial charge in [-0.2, -0.15) is 0 Å². The summed E-state index contributed by atoms with van der Waals surface area (Å²) in [4.78, 5) is 6.64. The van der Waals surface area contributed by atoms with Gasteiger partial charge >= 0.3 is 0 Å². The summed E-state index contributed by atoms with van der Waals surface area (Å²) < 4.78 is 0. The molecule has 0 amide bonds. The Morgan fingerprint density at radius 3 is 2.86 bits per heavy atom. The summed E-state index contributed by atoms with van der Waals surface area (Å²) in [5.74, 6) is 0.750. The fourth-order valence-electron chi connectivity index (χ4n) is 2.01. The van der Waals surface area contributed by atoms with Gasteiger partial charge in [0.15, 0.2) is 5.96 Å². The first-order chi connectivity index (χ1) is 6.70. The lowest BCUT2D eigenvalue weighted by molar-refractivity contribution is 0.251. The molecule has 0 bridgehead atoms. The Bertz CT molecular complexity index is 201. The zero-order valence-corrected chi connectivity index (χ0v) is 9.66. The van der Waals surface area contributed by atoms with Gasteiger partial charge in [-0.05, 0) is 19.8 Å². The molecule has 2 atom stereocenters. The van der Waals surface area contributed by atoms with Crippen molar-refractivity contribution in [2.45, 2.75) is 58.5 Å². The summed E-state index contributed by atoms with van der Waals surface area (Å²) in [7, 11) is 0. The van der Waals surface area contributed by atoms with Crippen molar-refractivity contribution in [1.29, 1.82) is 0 Å². The van der Waals surface area contributed by atoms with Gasteiger partial charge in [-0.15, -0.1) is 0 Å². The average molecular weight is 197 g/mol. The monoisotopic (exact) mass is 197 g/mol. The summed E-state index contributed by atoms with van der Waals surface area (Å²) >= 11 is 0. The highest BCUT2D eigenvalue weighted by Crippen LogP contribution is 2.19. The van der Waals surface area contributed by atoms with Gasteiger partial charge < -0.3 is 10.6 Å². The fourth-order valence-corrected chi connectivity index (χ4v) is 2.01. The third-order valence-corrected chi connectivity index (χ3v) is 3.08. The topological polar surface area (TPSA) is 41.6 Å². The summed E-state index contributed by atoms with van der Waals surface area (Å²) in [5, 5.41) is 0. The van der Waals surface area contributed by atoms with Crippen molar-refractivity contribution in [2.24, 2.45) is 10.7 Å². The van der Waals surface area contributed by atoms with E-state index in [1.807, 2.05) is 0 Å². The molecule has 0 aromatic rings. The van der Waals surface area contributed by atoms with Crippen molar-refractivity contribution in [3.63, 3.8) is 0 Å². The number of unbranched alkanes of at least 4 members (excludes halogenated alkanes) is 1. The van der Waals surface area contributed by atoms with Gasteiger partial charge in [-0.25, -0.2) is 0 Å². The molecule has 3 heteroatoms. The Morgan fingerprint density at radius 2 is 2.29 bits per heavy atom. The number of rotatable bonds is 5. The fraction of sp³-hybridized carbons (Fsp3) is 0.909. The van der Waals surface area contributed by atoms with Crippen molar-refractivity contribution in [1.82, 2.24) is 4.90 Å². The van der Waals surface area contributed by atoms with Gasteiger partial charge in [0.25, 0.3) is 0 Å². The molecule has 82 valence electrons. The van der Waals surface area contributed by atoms with Gasteiger partial charge in [0, 0.05) is 6.04 Å². The minimum Gasteiger partial charge on any atom is -0.370 e. The predicted octanol–water partition coefficient (Wildman–Crippen LogP) is 1.97. The standard InChI is InChI=1S/C11H23N3/c1-4-6-7-10-8-13-11(12)14(10)9(3)5-2/h9-10H,4-8H2,1-3H3,(H2,12,13). The molecule has 3 nitrogen and oxygen atoms in total. The lowest BCUT2D eigenvalue weighted by Crippen LogP contribution is -2.46. The normalized spacial score (nSPS) is 23.8. The van der Waals surface area contributed by atoms with Crippen LogP contribution in [0.15, 0.2) is 4.99 Å². The molecule has 0 saturated carbocycles.